The van der Waals surface area contributed by atoms with Crippen LogP contribution in [0.4, 0.5) is 0 Å². The van der Waals surface area contributed by atoms with Crippen molar-refractivity contribution in [2.75, 3.05) is 26.4 Å². The van der Waals surface area contributed by atoms with Crippen LogP contribution in [0.2, 0.25) is 0 Å². The molecular formula is C63H101NO18. The molecule has 1 amide bonds. The molecule has 0 aromatic rings. The van der Waals surface area contributed by atoms with Gasteiger partial charge in [0.15, 0.2) is 18.9 Å². The number of unbranched alkanes of at least 4 members (excludes halogenated alkanes) is 7. The molecule has 19 heteroatoms. The van der Waals surface area contributed by atoms with Crippen LogP contribution in [0.1, 0.15) is 136 Å². The zero-order chi connectivity index (χ0) is 59.7. The minimum atomic E-state index is -1.99. The van der Waals surface area contributed by atoms with Crippen LogP contribution in [0, 0.1) is 0 Å². The first-order valence-corrected chi connectivity index (χ1v) is 29.8. The summed E-state index contributed by atoms with van der Waals surface area (Å²) in [6.07, 6.45) is 32.1. The molecule has 3 fully saturated rings. The summed E-state index contributed by atoms with van der Waals surface area (Å²) < 4.78 is 34.1. The molecule has 3 saturated heterocycles. The molecule has 82 heavy (non-hydrogen) atoms. The van der Waals surface area contributed by atoms with Gasteiger partial charge in [0.25, 0.3) is 0 Å². The van der Waals surface area contributed by atoms with Gasteiger partial charge < -0.3 is 89.9 Å². The fourth-order valence-corrected chi connectivity index (χ4v) is 9.15. The first-order valence-electron chi connectivity index (χ1n) is 29.8. The monoisotopic (exact) mass is 1160 g/mol. The smallest absolute Gasteiger partial charge is 0.220 e. The van der Waals surface area contributed by atoms with Crippen molar-refractivity contribution in [3.05, 3.63) is 122 Å². The number of aliphatic hydroxyl groups excluding tert-OH is 11. The molecule has 19 nitrogen and oxygen atoms in total. The Balaban J connectivity index is 1.46. The molecule has 0 spiro atoms. The number of rotatable bonds is 41. The fourth-order valence-electron chi connectivity index (χ4n) is 9.15. The van der Waals surface area contributed by atoms with Crippen LogP contribution in [-0.2, 0) is 33.2 Å². The number of hydrogen-bond donors (Lipinski definition) is 12. The third-order valence-corrected chi connectivity index (χ3v) is 14.0. The second kappa shape index (κ2) is 44.6. The second-order valence-electron chi connectivity index (χ2n) is 20.7. The molecule has 17 atom stereocenters. The number of aliphatic hydroxyl groups is 11. The molecule has 12 N–H and O–H groups in total. The first-order chi connectivity index (χ1) is 39.8. The Bertz CT molecular complexity index is 1960. The van der Waals surface area contributed by atoms with Crippen LogP contribution in [0.5, 0.6) is 0 Å². The average Bonchev–Trinajstić information content (AvgIpc) is 3.64. The molecule has 0 aromatic heterocycles. The number of allylic oxidation sites excluding steroid dienone is 19. The summed E-state index contributed by atoms with van der Waals surface area (Å²) in [4.78, 5) is 13.3. The summed E-state index contributed by atoms with van der Waals surface area (Å²) in [5.74, 6) is -0.319. The molecule has 3 aliphatic heterocycles. The molecule has 466 valence electrons. The minimum absolute atomic E-state index is 0.200. The highest BCUT2D eigenvalue weighted by atomic mass is 16.8. The summed E-state index contributed by atoms with van der Waals surface area (Å²) in [5, 5.41) is 120. The number of ether oxygens (including phenoxy) is 6. The van der Waals surface area contributed by atoms with Gasteiger partial charge in [0.1, 0.15) is 73.2 Å². The number of amides is 1. The lowest BCUT2D eigenvalue weighted by Gasteiger charge is -2.48. The Morgan fingerprint density at radius 3 is 1.32 bits per heavy atom. The van der Waals surface area contributed by atoms with E-state index in [1.54, 1.807) is 12.2 Å². The van der Waals surface area contributed by atoms with E-state index in [9.17, 15) is 61.0 Å². The molecule has 3 aliphatic rings. The van der Waals surface area contributed by atoms with E-state index in [2.05, 4.69) is 129 Å². The van der Waals surface area contributed by atoms with Crippen molar-refractivity contribution >= 4 is 5.91 Å². The minimum Gasteiger partial charge on any atom is -0.394 e. The van der Waals surface area contributed by atoms with Gasteiger partial charge >= 0.3 is 0 Å². The quantitative estimate of drug-likeness (QED) is 0.0273. The van der Waals surface area contributed by atoms with Crippen molar-refractivity contribution in [1.29, 1.82) is 0 Å². The Kier molecular flexibility index (Phi) is 39.4. The Hall–Kier alpha value is -3.81. The van der Waals surface area contributed by atoms with Crippen molar-refractivity contribution in [3.63, 3.8) is 0 Å². The van der Waals surface area contributed by atoms with Crippen LogP contribution in [0.3, 0.4) is 0 Å². The maximum Gasteiger partial charge on any atom is 0.220 e. The van der Waals surface area contributed by atoms with Gasteiger partial charge in [0, 0.05) is 6.42 Å². The predicted octanol–water partition coefficient (Wildman–Crippen LogP) is 5.31. The SMILES string of the molecule is CC/C=C\C/C=C\C/C=C\C/C=C\C/C=C\C/C=C\C/C=C\CCCCCCCC(=O)NC(COC1OC(CO)C(OC2OC(CO)C(OC3OC(CO)C(O)C(O)C3O)C(O)C2O)C(O)C1O)C(O)/C=C/CC/C=C/CC/C=C/CC. The van der Waals surface area contributed by atoms with Crippen LogP contribution in [-0.4, -0.2) is 193 Å². The molecular weight excluding hydrogens is 1060 g/mol. The topological polar surface area (TPSA) is 307 Å². The summed E-state index contributed by atoms with van der Waals surface area (Å²) >= 11 is 0. The maximum atomic E-state index is 13.3. The van der Waals surface area contributed by atoms with Crippen molar-refractivity contribution in [1.82, 2.24) is 5.32 Å². The molecule has 3 heterocycles. The van der Waals surface area contributed by atoms with E-state index in [-0.39, 0.29) is 12.3 Å². The summed E-state index contributed by atoms with van der Waals surface area (Å²) in [5.41, 5.74) is 0. The highest BCUT2D eigenvalue weighted by Crippen LogP contribution is 2.33. The predicted molar refractivity (Wildman–Crippen MR) is 313 cm³/mol. The van der Waals surface area contributed by atoms with E-state index < -0.39 is 131 Å². The largest absolute Gasteiger partial charge is 0.394 e. The number of carbonyl (C=O) groups excluding carboxylic acids is 1. The van der Waals surface area contributed by atoms with E-state index in [0.29, 0.717) is 12.8 Å². The Morgan fingerprint density at radius 2 is 0.817 bits per heavy atom. The van der Waals surface area contributed by atoms with Gasteiger partial charge in [-0.15, -0.1) is 0 Å². The van der Waals surface area contributed by atoms with E-state index in [0.717, 1.165) is 103 Å². The van der Waals surface area contributed by atoms with Crippen molar-refractivity contribution in [2.24, 2.45) is 0 Å². The zero-order valence-corrected chi connectivity index (χ0v) is 48.4. The molecule has 0 bridgehead atoms. The number of carbonyl (C=O) groups is 1. The lowest BCUT2D eigenvalue weighted by atomic mass is 9.96. The zero-order valence-electron chi connectivity index (χ0n) is 48.4. The highest BCUT2D eigenvalue weighted by Gasteiger charge is 2.53. The van der Waals surface area contributed by atoms with Crippen LogP contribution >= 0.6 is 0 Å². The maximum absolute atomic E-state index is 13.3. The Morgan fingerprint density at radius 1 is 0.439 bits per heavy atom. The number of hydrogen-bond acceptors (Lipinski definition) is 18. The molecule has 0 saturated carbocycles. The van der Waals surface area contributed by atoms with Crippen molar-refractivity contribution < 1.29 is 89.4 Å². The standard InChI is InChI=1S/C63H101NO18/c1-3-5-7-9-11-13-15-16-17-18-19-20-21-22-23-24-25-26-27-28-29-30-31-33-35-37-39-41-51(69)64-46(47(68)40-38-36-34-32-14-12-10-8-6-4-2)45-77-61-57(75)54(72)59(49(43-66)79-61)82-63-58(76)55(73)60(50(44-67)80-63)81-62-56(74)53(71)52(70)48(42-65)78-62/h5-8,11,13-14,16-17,19-20,22-23,25-26,28-29,32,38,40,46-50,52-63,65-68,70-76H,3-4,9-10,12,15,18,21,24,27,30-31,33-37,39,41-45H2,1-2H3,(H,64,69)/b7-5-,8-6+,13-11-,17-16-,20-19-,23-22-,26-25-,29-28-,32-14+,40-38+. The molecule has 0 aromatic carbocycles. The van der Waals surface area contributed by atoms with Crippen molar-refractivity contribution in [2.45, 2.75) is 240 Å². The Labute approximate surface area is 487 Å². The third-order valence-electron chi connectivity index (χ3n) is 14.0. The second-order valence-corrected chi connectivity index (χ2v) is 20.7. The van der Waals surface area contributed by atoms with E-state index in [4.69, 9.17) is 28.4 Å². The van der Waals surface area contributed by atoms with Crippen molar-refractivity contribution in [3.8, 4) is 0 Å². The van der Waals surface area contributed by atoms with E-state index in [1.807, 2.05) is 0 Å². The van der Waals surface area contributed by atoms with E-state index >= 15 is 0 Å². The lowest BCUT2D eigenvalue weighted by molar-refractivity contribution is -0.379. The van der Waals surface area contributed by atoms with Gasteiger partial charge in [0.2, 0.25) is 5.91 Å². The van der Waals surface area contributed by atoms with Gasteiger partial charge in [-0.3, -0.25) is 4.79 Å². The lowest BCUT2D eigenvalue weighted by Crippen LogP contribution is -2.66. The molecule has 0 aliphatic carbocycles. The van der Waals surface area contributed by atoms with Gasteiger partial charge in [-0.2, -0.15) is 0 Å². The number of nitrogens with one attached hydrogen (secondary N) is 1. The van der Waals surface area contributed by atoms with Gasteiger partial charge in [-0.1, -0.05) is 155 Å². The third kappa shape index (κ3) is 27.9. The van der Waals surface area contributed by atoms with Crippen LogP contribution in [0.25, 0.3) is 0 Å². The summed E-state index contributed by atoms with van der Waals surface area (Å²) in [6, 6.07) is -1.01. The fraction of sp³-hybridized carbons (Fsp3) is 0.667. The summed E-state index contributed by atoms with van der Waals surface area (Å²) in [6.45, 7) is 1.39. The molecule has 3 rings (SSSR count). The van der Waals surface area contributed by atoms with E-state index in [1.165, 1.54) is 0 Å². The average molecular weight is 1160 g/mol. The van der Waals surface area contributed by atoms with Crippen LogP contribution < -0.4 is 5.32 Å². The van der Waals surface area contributed by atoms with Gasteiger partial charge in [-0.25, -0.2) is 0 Å². The molecule has 0 radical (unpaired) electrons. The molecule has 17 unspecified atom stereocenters. The van der Waals surface area contributed by atoms with Crippen LogP contribution in [0.15, 0.2) is 122 Å². The normalized spacial score (nSPS) is 30.5. The highest BCUT2D eigenvalue weighted by molar-refractivity contribution is 5.76. The van der Waals surface area contributed by atoms with Gasteiger partial charge in [-0.05, 0) is 96.3 Å². The van der Waals surface area contributed by atoms with Gasteiger partial charge in [0.05, 0.1) is 38.6 Å². The first kappa shape index (κ1) is 72.4. The summed E-state index contributed by atoms with van der Waals surface area (Å²) in [7, 11) is 0.